The minimum absolute atomic E-state index is 0.228. The van der Waals surface area contributed by atoms with Crippen LogP contribution in [0.2, 0.25) is 0 Å². The van der Waals surface area contributed by atoms with Crippen molar-refractivity contribution in [1.82, 2.24) is 5.32 Å². The van der Waals surface area contributed by atoms with Crippen LogP contribution in [0.4, 0.5) is 0 Å². The molecule has 0 aromatic heterocycles. The molecule has 0 bridgehead atoms. The second-order valence-electron chi connectivity index (χ2n) is 3.53. The second kappa shape index (κ2) is 5.62. The number of nitrogens with zero attached hydrogens (tertiary/aromatic N) is 1. The van der Waals surface area contributed by atoms with E-state index in [0.29, 0.717) is 6.04 Å². The van der Waals surface area contributed by atoms with Gasteiger partial charge in [0.1, 0.15) is 0 Å². The lowest BCUT2D eigenvalue weighted by molar-refractivity contribution is 0.462. The first-order valence-corrected chi connectivity index (χ1v) is 4.95. The Morgan fingerprint density at radius 2 is 2.31 bits per heavy atom. The molecule has 0 saturated heterocycles. The van der Waals surface area contributed by atoms with Crippen LogP contribution in [-0.4, -0.2) is 12.6 Å². The van der Waals surface area contributed by atoms with Gasteiger partial charge in [-0.25, -0.2) is 0 Å². The van der Waals surface area contributed by atoms with E-state index in [0.717, 1.165) is 32.2 Å². The molecular formula is C11H16N2. The maximum Gasteiger partial charge on any atom is 0.0672 e. The van der Waals surface area contributed by atoms with Crippen molar-refractivity contribution in [3.63, 3.8) is 0 Å². The van der Waals surface area contributed by atoms with Gasteiger partial charge >= 0.3 is 0 Å². The second-order valence-corrected chi connectivity index (χ2v) is 3.53. The predicted octanol–water partition coefficient (Wildman–Crippen LogP) is 1.68. The molecule has 0 spiro atoms. The van der Waals surface area contributed by atoms with Crippen LogP contribution in [0.15, 0.2) is 0 Å². The fraction of sp³-hybridized carbons (Fsp3) is 0.727. The quantitative estimate of drug-likeness (QED) is 0.522. The number of terminal acetylenes is 1. The van der Waals surface area contributed by atoms with Crippen molar-refractivity contribution in [2.75, 3.05) is 6.54 Å². The first-order chi connectivity index (χ1) is 6.38. The Bertz CT molecular complexity index is 221. The zero-order chi connectivity index (χ0) is 9.52. The van der Waals surface area contributed by atoms with Gasteiger partial charge in [0, 0.05) is 12.5 Å². The molecule has 70 valence electrons. The molecule has 0 heterocycles. The molecule has 0 amide bonds. The normalized spacial score (nSPS) is 26.6. The smallest absolute Gasteiger partial charge is 0.0672 e. The van der Waals surface area contributed by atoms with Gasteiger partial charge in [-0.05, 0) is 25.8 Å². The number of unbranched alkanes of at least 4 members (excludes halogenated alkanes) is 1. The molecule has 1 saturated carbocycles. The summed E-state index contributed by atoms with van der Waals surface area (Å²) in [6, 6.07) is 2.77. The minimum atomic E-state index is 0.228. The summed E-state index contributed by atoms with van der Waals surface area (Å²) in [6.45, 7) is 0.951. The monoisotopic (exact) mass is 176 g/mol. The molecule has 1 fully saturated rings. The zero-order valence-electron chi connectivity index (χ0n) is 7.92. The highest BCUT2D eigenvalue weighted by molar-refractivity contribution is 4.96. The molecular weight excluding hydrogens is 160 g/mol. The Labute approximate surface area is 80.3 Å². The lowest BCUT2D eigenvalue weighted by Crippen LogP contribution is -2.32. The number of hydrogen-bond donors (Lipinski definition) is 1. The van der Waals surface area contributed by atoms with Crippen molar-refractivity contribution in [1.29, 1.82) is 5.26 Å². The molecule has 2 atom stereocenters. The Morgan fingerprint density at radius 1 is 1.46 bits per heavy atom. The molecule has 1 aliphatic carbocycles. The lowest BCUT2D eigenvalue weighted by atomic mass is 10.1. The van der Waals surface area contributed by atoms with Crippen LogP contribution < -0.4 is 5.32 Å². The molecule has 2 heteroatoms. The third-order valence-electron chi connectivity index (χ3n) is 2.59. The predicted molar refractivity (Wildman–Crippen MR) is 52.8 cm³/mol. The number of hydrogen-bond acceptors (Lipinski definition) is 2. The number of rotatable bonds is 4. The standard InChI is InChI=1S/C11H16N2/c1-2-3-4-8-13-11-7-5-6-10(11)9-12/h1,10-11,13H,3-8H2. The van der Waals surface area contributed by atoms with Crippen molar-refractivity contribution >= 4 is 0 Å². The van der Waals surface area contributed by atoms with Gasteiger partial charge in [0.05, 0.1) is 12.0 Å². The first-order valence-electron chi connectivity index (χ1n) is 4.95. The molecule has 1 aliphatic rings. The summed E-state index contributed by atoms with van der Waals surface area (Å²) in [7, 11) is 0. The highest BCUT2D eigenvalue weighted by atomic mass is 14.9. The van der Waals surface area contributed by atoms with E-state index in [1.807, 2.05) is 0 Å². The first kappa shape index (κ1) is 10.1. The van der Waals surface area contributed by atoms with E-state index in [1.54, 1.807) is 0 Å². The Kier molecular flexibility index (Phi) is 4.36. The average Bonchev–Trinajstić information content (AvgIpc) is 2.60. The largest absolute Gasteiger partial charge is 0.313 e. The van der Waals surface area contributed by atoms with E-state index < -0.39 is 0 Å². The van der Waals surface area contributed by atoms with Gasteiger partial charge in [-0.1, -0.05) is 6.42 Å². The molecule has 1 N–H and O–H groups in total. The van der Waals surface area contributed by atoms with E-state index in [4.69, 9.17) is 11.7 Å². The summed E-state index contributed by atoms with van der Waals surface area (Å²) >= 11 is 0. The summed E-state index contributed by atoms with van der Waals surface area (Å²) < 4.78 is 0. The third kappa shape index (κ3) is 3.09. The summed E-state index contributed by atoms with van der Waals surface area (Å²) in [4.78, 5) is 0. The van der Waals surface area contributed by atoms with Gasteiger partial charge in [-0.15, -0.1) is 12.3 Å². The fourth-order valence-corrected chi connectivity index (χ4v) is 1.84. The van der Waals surface area contributed by atoms with Crippen LogP contribution in [0.3, 0.4) is 0 Å². The summed E-state index contributed by atoms with van der Waals surface area (Å²) in [6.07, 6.45) is 10.4. The Balaban J connectivity index is 2.14. The van der Waals surface area contributed by atoms with Crippen LogP contribution >= 0.6 is 0 Å². The highest BCUT2D eigenvalue weighted by Gasteiger charge is 2.25. The summed E-state index contributed by atoms with van der Waals surface area (Å²) in [5.41, 5.74) is 0. The van der Waals surface area contributed by atoms with Gasteiger partial charge < -0.3 is 5.32 Å². The average molecular weight is 176 g/mol. The van der Waals surface area contributed by atoms with E-state index in [1.165, 1.54) is 6.42 Å². The maximum atomic E-state index is 8.82. The molecule has 0 radical (unpaired) electrons. The zero-order valence-corrected chi connectivity index (χ0v) is 7.92. The van der Waals surface area contributed by atoms with Crippen molar-refractivity contribution < 1.29 is 0 Å². The number of nitrogens with one attached hydrogen (secondary N) is 1. The van der Waals surface area contributed by atoms with Gasteiger partial charge in [0.15, 0.2) is 0 Å². The molecule has 1 rings (SSSR count). The van der Waals surface area contributed by atoms with E-state index >= 15 is 0 Å². The third-order valence-corrected chi connectivity index (χ3v) is 2.59. The Morgan fingerprint density at radius 3 is 3.00 bits per heavy atom. The van der Waals surface area contributed by atoms with Crippen LogP contribution in [0.5, 0.6) is 0 Å². The molecule has 2 nitrogen and oxygen atoms in total. The van der Waals surface area contributed by atoms with Crippen molar-refractivity contribution in [2.45, 2.75) is 38.1 Å². The Hall–Kier alpha value is -0.990. The van der Waals surface area contributed by atoms with E-state index in [2.05, 4.69) is 17.3 Å². The van der Waals surface area contributed by atoms with Crippen LogP contribution in [0, 0.1) is 29.6 Å². The van der Waals surface area contributed by atoms with E-state index in [9.17, 15) is 0 Å². The summed E-state index contributed by atoms with van der Waals surface area (Å²) in [5, 5.41) is 12.2. The SMILES string of the molecule is C#CCCCNC1CCCC1C#N. The molecule has 2 unspecified atom stereocenters. The molecule has 0 aromatic rings. The van der Waals surface area contributed by atoms with Gasteiger partial charge in [-0.2, -0.15) is 5.26 Å². The molecule has 0 aliphatic heterocycles. The lowest BCUT2D eigenvalue weighted by Gasteiger charge is -2.14. The maximum absolute atomic E-state index is 8.82. The van der Waals surface area contributed by atoms with Gasteiger partial charge in [0.25, 0.3) is 0 Å². The van der Waals surface area contributed by atoms with Crippen LogP contribution in [-0.2, 0) is 0 Å². The topological polar surface area (TPSA) is 35.8 Å². The van der Waals surface area contributed by atoms with Crippen LogP contribution in [0.1, 0.15) is 32.1 Å². The highest BCUT2D eigenvalue weighted by Crippen LogP contribution is 2.24. The van der Waals surface area contributed by atoms with Gasteiger partial charge in [0.2, 0.25) is 0 Å². The minimum Gasteiger partial charge on any atom is -0.313 e. The number of nitriles is 1. The van der Waals surface area contributed by atoms with Crippen LogP contribution in [0.25, 0.3) is 0 Å². The molecule has 0 aromatic carbocycles. The van der Waals surface area contributed by atoms with Crippen molar-refractivity contribution in [3.05, 3.63) is 0 Å². The summed E-state index contributed by atoms with van der Waals surface area (Å²) in [5.74, 6) is 2.84. The fourth-order valence-electron chi connectivity index (χ4n) is 1.84. The van der Waals surface area contributed by atoms with Crippen molar-refractivity contribution in [2.24, 2.45) is 5.92 Å². The molecule has 13 heavy (non-hydrogen) atoms. The van der Waals surface area contributed by atoms with E-state index in [-0.39, 0.29) is 5.92 Å². The van der Waals surface area contributed by atoms with Gasteiger partial charge in [-0.3, -0.25) is 0 Å². The van der Waals surface area contributed by atoms with Crippen molar-refractivity contribution in [3.8, 4) is 18.4 Å².